The van der Waals surface area contributed by atoms with E-state index in [1.807, 2.05) is 19.1 Å². The number of carbonyl (C=O) groups excluding carboxylic acids is 1. The van der Waals surface area contributed by atoms with Crippen LogP contribution in [0.3, 0.4) is 0 Å². The van der Waals surface area contributed by atoms with Gasteiger partial charge in [-0.05, 0) is 56.8 Å². The highest BCUT2D eigenvalue weighted by Gasteiger charge is 2.45. The Kier molecular flexibility index (Phi) is 6.31. The normalized spacial score (nSPS) is 18.4. The average molecular weight is 444 g/mol. The predicted molar refractivity (Wildman–Crippen MR) is 122 cm³/mol. The fourth-order valence-electron chi connectivity index (χ4n) is 3.72. The monoisotopic (exact) mass is 444 g/mol. The number of hydrogen-bond acceptors (Lipinski definition) is 9. The molecule has 9 nitrogen and oxygen atoms in total. The van der Waals surface area contributed by atoms with E-state index in [2.05, 4.69) is 31.7 Å². The van der Waals surface area contributed by atoms with Gasteiger partial charge < -0.3 is 20.5 Å². The number of carbonyl (C=O) groups is 1. The van der Waals surface area contributed by atoms with Crippen LogP contribution in [0.4, 0.5) is 11.6 Å². The molecule has 0 amide bonds. The van der Waals surface area contributed by atoms with Crippen LogP contribution in [-0.4, -0.2) is 50.6 Å². The summed E-state index contributed by atoms with van der Waals surface area (Å²) in [7, 11) is 0. The Morgan fingerprint density at radius 2 is 2.15 bits per heavy atom. The number of nitrogens with zero attached hydrogens (tertiary/aromatic N) is 4. The lowest BCUT2D eigenvalue weighted by Crippen LogP contribution is -2.50. The predicted octanol–water partition coefficient (Wildman–Crippen LogP) is 2.52. The van der Waals surface area contributed by atoms with E-state index in [1.54, 1.807) is 36.7 Å². The van der Waals surface area contributed by atoms with Gasteiger partial charge in [0.1, 0.15) is 17.9 Å². The smallest absolute Gasteiger partial charge is 0.227 e. The number of nitriles is 1. The van der Waals surface area contributed by atoms with Crippen LogP contribution in [0.1, 0.15) is 24.6 Å². The molecule has 0 radical (unpaired) electrons. The van der Waals surface area contributed by atoms with Gasteiger partial charge in [-0.15, -0.1) is 0 Å². The van der Waals surface area contributed by atoms with Crippen molar-refractivity contribution >= 4 is 17.4 Å². The van der Waals surface area contributed by atoms with E-state index in [0.717, 1.165) is 11.4 Å². The van der Waals surface area contributed by atoms with Crippen LogP contribution in [0, 0.1) is 18.3 Å². The summed E-state index contributed by atoms with van der Waals surface area (Å²) < 4.78 is 6.06. The van der Waals surface area contributed by atoms with Crippen LogP contribution in [0.25, 0.3) is 11.3 Å². The highest BCUT2D eigenvalue weighted by Crippen LogP contribution is 2.31. The number of anilines is 2. The van der Waals surface area contributed by atoms with Gasteiger partial charge in [0, 0.05) is 30.4 Å². The van der Waals surface area contributed by atoms with Gasteiger partial charge in [0.25, 0.3) is 0 Å². The third-order valence-corrected chi connectivity index (χ3v) is 5.47. The third-order valence-electron chi connectivity index (χ3n) is 5.47. The molecule has 1 saturated heterocycles. The molecule has 4 rings (SSSR count). The van der Waals surface area contributed by atoms with Crippen molar-refractivity contribution in [2.75, 3.05) is 18.4 Å². The molecule has 9 heteroatoms. The minimum atomic E-state index is -1.20. The molecule has 0 spiro atoms. The van der Waals surface area contributed by atoms with Crippen LogP contribution >= 0.6 is 0 Å². The zero-order valence-electron chi connectivity index (χ0n) is 18.4. The molecule has 33 heavy (non-hydrogen) atoms. The maximum Gasteiger partial charge on any atom is 0.227 e. The molecule has 0 aliphatic carbocycles. The van der Waals surface area contributed by atoms with E-state index in [4.69, 9.17) is 4.74 Å². The van der Waals surface area contributed by atoms with Gasteiger partial charge in [0.05, 0.1) is 23.1 Å². The highest BCUT2D eigenvalue weighted by molar-refractivity contribution is 5.92. The maximum atomic E-state index is 12.6. The SMILES string of the molecule is Cc1ccc(Nc2nccc(-c3ccc(O[C@]4(C(=O)[C@H](C)O)CCNC4)c(C#N)c3)n2)cn1. The number of nitrogens with one attached hydrogen (secondary N) is 2. The largest absolute Gasteiger partial charge is 0.477 e. The van der Waals surface area contributed by atoms with Gasteiger partial charge in [-0.25, -0.2) is 9.97 Å². The molecular weight excluding hydrogens is 420 g/mol. The first-order valence-corrected chi connectivity index (χ1v) is 10.6. The van der Waals surface area contributed by atoms with E-state index >= 15 is 0 Å². The Morgan fingerprint density at radius 3 is 2.82 bits per heavy atom. The van der Waals surface area contributed by atoms with E-state index in [0.29, 0.717) is 30.2 Å². The number of ketones is 1. The zero-order chi connectivity index (χ0) is 23.4. The van der Waals surface area contributed by atoms with E-state index in [9.17, 15) is 15.2 Å². The molecule has 0 unspecified atom stereocenters. The van der Waals surface area contributed by atoms with Crippen molar-refractivity contribution < 1.29 is 14.6 Å². The second-order valence-electron chi connectivity index (χ2n) is 7.96. The summed E-state index contributed by atoms with van der Waals surface area (Å²) >= 11 is 0. The first-order valence-electron chi connectivity index (χ1n) is 10.6. The molecule has 1 aliphatic rings. The summed E-state index contributed by atoms with van der Waals surface area (Å²) in [5.74, 6) is 0.283. The lowest BCUT2D eigenvalue weighted by molar-refractivity contribution is -0.141. The molecule has 3 N–H and O–H groups in total. The molecule has 3 aromatic rings. The summed E-state index contributed by atoms with van der Waals surface area (Å²) in [4.78, 5) is 25.7. The Morgan fingerprint density at radius 1 is 1.30 bits per heavy atom. The summed E-state index contributed by atoms with van der Waals surface area (Å²) in [6, 6.07) is 12.8. The number of aryl methyl sites for hydroxylation is 1. The molecule has 1 aliphatic heterocycles. The second kappa shape index (κ2) is 9.32. The standard InChI is InChI=1S/C24H24N6O3/c1-15-3-5-19(13-28-15)29-23-27-9-7-20(30-23)17-4-6-21(18(11-17)12-25)33-24(8-10-26-14-24)22(32)16(2)31/h3-7,9,11,13,16,26,31H,8,10,14H2,1-2H3,(H,27,29,30)/t16-,24+/m0/s1. The van der Waals surface area contributed by atoms with E-state index in [1.165, 1.54) is 6.92 Å². The molecule has 1 aromatic carbocycles. The summed E-state index contributed by atoms with van der Waals surface area (Å²) in [5.41, 5.74) is 2.06. The number of pyridine rings is 1. The van der Waals surface area contributed by atoms with Crippen LogP contribution in [-0.2, 0) is 4.79 Å². The van der Waals surface area contributed by atoms with Crippen LogP contribution in [0.2, 0.25) is 0 Å². The molecule has 0 saturated carbocycles. The molecule has 3 heterocycles. The minimum Gasteiger partial charge on any atom is -0.477 e. The van der Waals surface area contributed by atoms with Gasteiger partial charge >= 0.3 is 0 Å². The topological polar surface area (TPSA) is 133 Å². The summed E-state index contributed by atoms with van der Waals surface area (Å²) in [5, 5.41) is 25.8. The lowest BCUT2D eigenvalue weighted by atomic mass is 9.93. The van der Waals surface area contributed by atoms with E-state index < -0.39 is 17.5 Å². The van der Waals surface area contributed by atoms with Crippen molar-refractivity contribution in [3.8, 4) is 23.1 Å². The Bertz CT molecular complexity index is 1200. The van der Waals surface area contributed by atoms with Crippen molar-refractivity contribution in [1.82, 2.24) is 20.3 Å². The van der Waals surface area contributed by atoms with E-state index in [-0.39, 0.29) is 17.9 Å². The van der Waals surface area contributed by atoms with Crippen molar-refractivity contribution in [2.24, 2.45) is 0 Å². The number of aromatic nitrogens is 3. The van der Waals surface area contributed by atoms with Crippen molar-refractivity contribution in [3.05, 3.63) is 60.0 Å². The van der Waals surface area contributed by atoms with Gasteiger partial charge in [-0.2, -0.15) is 5.26 Å². The number of Topliss-reactive ketones (excluding diaryl/α,β-unsaturated/α-hetero) is 1. The molecule has 1 fully saturated rings. The molecule has 0 bridgehead atoms. The molecule has 2 atom stereocenters. The summed E-state index contributed by atoms with van der Waals surface area (Å²) in [6.45, 7) is 4.20. The number of ether oxygens (including phenoxy) is 1. The quantitative estimate of drug-likeness (QED) is 0.503. The van der Waals surface area contributed by atoms with Gasteiger partial charge in [-0.1, -0.05) is 0 Å². The Labute approximate surface area is 191 Å². The minimum absolute atomic E-state index is 0.271. The summed E-state index contributed by atoms with van der Waals surface area (Å²) in [6.07, 6.45) is 2.58. The van der Waals surface area contributed by atoms with Crippen LogP contribution < -0.4 is 15.4 Å². The number of aliphatic hydroxyl groups excluding tert-OH is 1. The van der Waals surface area contributed by atoms with Gasteiger partial charge in [0.2, 0.25) is 11.7 Å². The second-order valence-corrected chi connectivity index (χ2v) is 7.96. The number of benzene rings is 1. The van der Waals surface area contributed by atoms with Crippen molar-refractivity contribution in [1.29, 1.82) is 5.26 Å². The Balaban J connectivity index is 1.60. The van der Waals surface area contributed by atoms with Crippen molar-refractivity contribution in [3.63, 3.8) is 0 Å². The number of aliphatic hydroxyl groups is 1. The van der Waals surface area contributed by atoms with Gasteiger partial charge in [0.15, 0.2) is 5.60 Å². The number of rotatable bonds is 7. The molecule has 168 valence electrons. The third kappa shape index (κ3) is 4.82. The zero-order valence-corrected chi connectivity index (χ0v) is 18.4. The fourth-order valence-corrected chi connectivity index (χ4v) is 3.72. The first-order chi connectivity index (χ1) is 15.9. The van der Waals surface area contributed by atoms with Crippen molar-refractivity contribution in [2.45, 2.75) is 32.0 Å². The molecule has 2 aromatic heterocycles. The average Bonchev–Trinajstić information content (AvgIpc) is 3.30. The maximum absolute atomic E-state index is 12.6. The van der Waals surface area contributed by atoms with Crippen LogP contribution in [0.15, 0.2) is 48.8 Å². The van der Waals surface area contributed by atoms with Crippen LogP contribution in [0.5, 0.6) is 5.75 Å². The first kappa shape index (κ1) is 22.3. The lowest BCUT2D eigenvalue weighted by Gasteiger charge is -2.29. The highest BCUT2D eigenvalue weighted by atomic mass is 16.5. The van der Waals surface area contributed by atoms with Gasteiger partial charge in [-0.3, -0.25) is 9.78 Å². The number of hydrogen-bond donors (Lipinski definition) is 3. The molecular formula is C24H24N6O3. The fraction of sp³-hybridized carbons (Fsp3) is 0.292. The Hall–Kier alpha value is -3.87.